The van der Waals surface area contributed by atoms with Gasteiger partial charge in [0.1, 0.15) is 24.2 Å². The first kappa shape index (κ1) is 14.4. The molecule has 2 rings (SSSR count). The molecular formula is C11H13BrN6O2. The van der Waals surface area contributed by atoms with Gasteiger partial charge >= 0.3 is 0 Å². The molecule has 1 N–H and O–H groups in total. The molecule has 8 nitrogen and oxygen atoms in total. The molecule has 2 heterocycles. The van der Waals surface area contributed by atoms with Crippen LogP contribution in [0, 0.1) is 10.1 Å². The number of nitrogens with one attached hydrogen (secondary N) is 1. The average molecular weight is 341 g/mol. The van der Waals surface area contributed by atoms with Gasteiger partial charge < -0.3 is 9.88 Å². The molecule has 0 aromatic carbocycles. The smallest absolute Gasteiger partial charge is 0.288 e. The Kier molecular flexibility index (Phi) is 4.61. The fraction of sp³-hybridized carbons (Fsp3) is 0.364. The third-order valence-electron chi connectivity index (χ3n) is 2.72. The van der Waals surface area contributed by atoms with Crippen LogP contribution in [-0.4, -0.2) is 31.2 Å². The van der Waals surface area contributed by atoms with Crippen LogP contribution in [0.1, 0.15) is 12.7 Å². The molecule has 0 aliphatic rings. The van der Waals surface area contributed by atoms with Crippen molar-refractivity contribution in [3.05, 3.63) is 39.0 Å². The second-order valence-electron chi connectivity index (χ2n) is 3.99. The Hall–Kier alpha value is -2.03. The summed E-state index contributed by atoms with van der Waals surface area (Å²) in [7, 11) is 0. The number of aromatic nitrogens is 4. The third kappa shape index (κ3) is 3.29. The number of nitrogens with zero attached hydrogens (tertiary/aromatic N) is 5. The molecule has 0 aliphatic carbocycles. The zero-order chi connectivity index (χ0) is 14.5. The molecule has 0 aliphatic heterocycles. The first-order valence-electron chi connectivity index (χ1n) is 6.02. The Labute approximate surface area is 123 Å². The molecule has 0 atom stereocenters. The third-order valence-corrected chi connectivity index (χ3v) is 3.32. The number of hydrogen-bond acceptors (Lipinski definition) is 6. The Morgan fingerprint density at radius 2 is 2.35 bits per heavy atom. The number of anilines is 1. The highest BCUT2D eigenvalue weighted by molar-refractivity contribution is 9.10. The second-order valence-corrected chi connectivity index (χ2v) is 4.85. The summed E-state index contributed by atoms with van der Waals surface area (Å²) in [5.41, 5.74) is -0.0480. The van der Waals surface area contributed by atoms with Crippen molar-refractivity contribution in [3.63, 3.8) is 0 Å². The number of aryl methyl sites for hydroxylation is 1. The normalized spacial score (nSPS) is 10.5. The van der Waals surface area contributed by atoms with E-state index in [1.807, 2.05) is 11.5 Å². The predicted molar refractivity (Wildman–Crippen MR) is 76.5 cm³/mol. The molecule has 0 radical (unpaired) electrons. The van der Waals surface area contributed by atoms with Crippen LogP contribution >= 0.6 is 15.9 Å². The molecule has 20 heavy (non-hydrogen) atoms. The zero-order valence-corrected chi connectivity index (χ0v) is 12.4. The number of hydrogen-bond donors (Lipinski definition) is 1. The monoisotopic (exact) mass is 340 g/mol. The molecule has 0 spiro atoms. The Morgan fingerprint density at radius 1 is 1.55 bits per heavy atom. The van der Waals surface area contributed by atoms with Crippen LogP contribution in [0.5, 0.6) is 0 Å². The highest BCUT2D eigenvalue weighted by Crippen LogP contribution is 2.24. The van der Waals surface area contributed by atoms with Gasteiger partial charge in [0.25, 0.3) is 5.69 Å². The standard InChI is InChI=1S/C11H13BrN6O2/c1-2-17-7-15-16-10(17)3-4-13-11-9(12)5-8(6-14-11)18(19)20/h5-7H,2-4H2,1H3,(H,13,14). The molecule has 9 heteroatoms. The van der Waals surface area contributed by atoms with E-state index >= 15 is 0 Å². The van der Waals surface area contributed by atoms with E-state index in [0.29, 0.717) is 23.3 Å². The molecule has 0 saturated heterocycles. The van der Waals surface area contributed by atoms with Crippen LogP contribution in [0.25, 0.3) is 0 Å². The van der Waals surface area contributed by atoms with Crippen molar-refractivity contribution in [1.82, 2.24) is 19.7 Å². The summed E-state index contributed by atoms with van der Waals surface area (Å²) >= 11 is 3.26. The molecule has 2 aromatic rings. The van der Waals surface area contributed by atoms with Crippen molar-refractivity contribution in [1.29, 1.82) is 0 Å². The first-order valence-corrected chi connectivity index (χ1v) is 6.81. The van der Waals surface area contributed by atoms with E-state index in [9.17, 15) is 10.1 Å². The number of halogens is 1. The van der Waals surface area contributed by atoms with Gasteiger partial charge in [0.15, 0.2) is 0 Å². The molecule has 0 amide bonds. The fourth-order valence-electron chi connectivity index (χ4n) is 1.69. The minimum absolute atomic E-state index is 0.0480. The van der Waals surface area contributed by atoms with Gasteiger partial charge in [0.05, 0.1) is 9.40 Å². The predicted octanol–water partition coefficient (Wildman–Crippen LogP) is 2.02. The lowest BCUT2D eigenvalue weighted by atomic mass is 10.3. The van der Waals surface area contributed by atoms with Crippen molar-refractivity contribution in [2.24, 2.45) is 0 Å². The van der Waals surface area contributed by atoms with Gasteiger partial charge in [-0.15, -0.1) is 10.2 Å². The summed E-state index contributed by atoms with van der Waals surface area (Å²) in [5, 5.41) is 21.6. The quantitative estimate of drug-likeness (QED) is 0.637. The van der Waals surface area contributed by atoms with E-state index in [4.69, 9.17) is 0 Å². The van der Waals surface area contributed by atoms with E-state index in [1.165, 1.54) is 12.3 Å². The van der Waals surface area contributed by atoms with Crippen LogP contribution < -0.4 is 5.32 Å². The first-order chi connectivity index (χ1) is 9.61. The Morgan fingerprint density at radius 3 is 3.00 bits per heavy atom. The Bertz CT molecular complexity index is 615. The number of rotatable bonds is 6. The Balaban J connectivity index is 1.96. The lowest BCUT2D eigenvalue weighted by Gasteiger charge is -2.07. The van der Waals surface area contributed by atoms with Crippen molar-refractivity contribution in [2.75, 3.05) is 11.9 Å². The summed E-state index contributed by atoms with van der Waals surface area (Å²) in [6.07, 6.45) is 3.61. The number of nitro groups is 1. The maximum Gasteiger partial charge on any atom is 0.288 e. The molecule has 0 saturated carbocycles. The summed E-state index contributed by atoms with van der Waals surface area (Å²) in [6, 6.07) is 1.42. The van der Waals surface area contributed by atoms with E-state index in [0.717, 1.165) is 12.4 Å². The summed E-state index contributed by atoms with van der Waals surface area (Å²) < 4.78 is 2.52. The van der Waals surface area contributed by atoms with Gasteiger partial charge in [-0.25, -0.2) is 4.98 Å². The van der Waals surface area contributed by atoms with Gasteiger partial charge in [-0.3, -0.25) is 10.1 Å². The van der Waals surface area contributed by atoms with Gasteiger partial charge in [-0.1, -0.05) is 0 Å². The molecule has 0 unspecified atom stereocenters. The van der Waals surface area contributed by atoms with E-state index in [1.54, 1.807) is 6.33 Å². The molecule has 2 aromatic heterocycles. The van der Waals surface area contributed by atoms with Crippen LogP contribution in [0.4, 0.5) is 11.5 Å². The van der Waals surface area contributed by atoms with E-state index in [2.05, 4.69) is 36.4 Å². The zero-order valence-electron chi connectivity index (χ0n) is 10.8. The average Bonchev–Trinajstić information content (AvgIpc) is 2.87. The van der Waals surface area contributed by atoms with Crippen molar-refractivity contribution in [2.45, 2.75) is 19.9 Å². The molecule has 0 fully saturated rings. The van der Waals surface area contributed by atoms with Crippen molar-refractivity contribution in [3.8, 4) is 0 Å². The van der Waals surface area contributed by atoms with Crippen molar-refractivity contribution < 1.29 is 4.92 Å². The molecule has 0 bridgehead atoms. The van der Waals surface area contributed by atoms with E-state index in [-0.39, 0.29) is 5.69 Å². The van der Waals surface area contributed by atoms with Gasteiger partial charge in [-0.05, 0) is 22.9 Å². The minimum atomic E-state index is -0.481. The van der Waals surface area contributed by atoms with Crippen LogP contribution in [0.2, 0.25) is 0 Å². The summed E-state index contributed by atoms with van der Waals surface area (Å²) in [4.78, 5) is 14.1. The van der Waals surface area contributed by atoms with E-state index < -0.39 is 4.92 Å². The van der Waals surface area contributed by atoms with Gasteiger partial charge in [-0.2, -0.15) is 0 Å². The topological polar surface area (TPSA) is 98.8 Å². The lowest BCUT2D eigenvalue weighted by Crippen LogP contribution is -2.11. The fourth-order valence-corrected chi connectivity index (χ4v) is 2.16. The highest BCUT2D eigenvalue weighted by atomic mass is 79.9. The van der Waals surface area contributed by atoms with Crippen LogP contribution in [0.15, 0.2) is 23.1 Å². The summed E-state index contributed by atoms with van der Waals surface area (Å²) in [5.74, 6) is 1.45. The van der Waals surface area contributed by atoms with Crippen LogP contribution in [0.3, 0.4) is 0 Å². The van der Waals surface area contributed by atoms with Crippen LogP contribution in [-0.2, 0) is 13.0 Å². The SMILES string of the molecule is CCn1cnnc1CCNc1ncc([N+](=O)[O-])cc1Br. The second kappa shape index (κ2) is 6.42. The summed E-state index contributed by atoms with van der Waals surface area (Å²) in [6.45, 7) is 3.46. The number of pyridine rings is 1. The molecule has 106 valence electrons. The minimum Gasteiger partial charge on any atom is -0.369 e. The van der Waals surface area contributed by atoms with Gasteiger partial charge in [0, 0.05) is 25.6 Å². The largest absolute Gasteiger partial charge is 0.369 e. The maximum atomic E-state index is 10.6. The van der Waals surface area contributed by atoms with Gasteiger partial charge in [0.2, 0.25) is 0 Å². The lowest BCUT2D eigenvalue weighted by molar-refractivity contribution is -0.385. The molecular weight excluding hydrogens is 328 g/mol. The highest BCUT2D eigenvalue weighted by Gasteiger charge is 2.10. The van der Waals surface area contributed by atoms with Crippen molar-refractivity contribution >= 4 is 27.4 Å². The maximum absolute atomic E-state index is 10.6.